The third-order valence-corrected chi connectivity index (χ3v) is 4.77. The molecule has 1 atom stereocenters. The van der Waals surface area contributed by atoms with E-state index in [1.165, 1.54) is 18.4 Å². The van der Waals surface area contributed by atoms with Gasteiger partial charge in [0.2, 0.25) is 0 Å². The van der Waals surface area contributed by atoms with Gasteiger partial charge in [-0.3, -0.25) is 0 Å². The summed E-state index contributed by atoms with van der Waals surface area (Å²) >= 11 is 1.93. The van der Waals surface area contributed by atoms with Gasteiger partial charge >= 0.3 is 0 Å². The molecule has 3 rings (SSSR count). The first kappa shape index (κ1) is 12.2. The Hall–Kier alpha value is -0.870. The smallest absolute Gasteiger partial charge is 0.166 e. The van der Waals surface area contributed by atoms with Gasteiger partial charge in [0.05, 0.1) is 7.11 Å². The van der Waals surface area contributed by atoms with E-state index in [0.29, 0.717) is 12.1 Å². The summed E-state index contributed by atoms with van der Waals surface area (Å²) in [5.74, 6) is 3.99. The van der Waals surface area contributed by atoms with Crippen LogP contribution in [0.4, 0.5) is 0 Å². The van der Waals surface area contributed by atoms with Crippen LogP contribution in [0, 0.1) is 0 Å². The molecule has 0 amide bonds. The van der Waals surface area contributed by atoms with E-state index in [4.69, 9.17) is 9.47 Å². The maximum atomic E-state index is 6.13. The predicted octanol–water partition coefficient (Wildman–Crippen LogP) is 2.61. The Labute approximate surface area is 112 Å². The molecule has 1 N–H and O–H groups in total. The second-order valence-corrected chi connectivity index (χ2v) is 5.88. The predicted molar refractivity (Wildman–Crippen MR) is 74.7 cm³/mol. The summed E-state index contributed by atoms with van der Waals surface area (Å²) in [5, 5.41) is 3.53. The molecule has 0 bridgehead atoms. The summed E-state index contributed by atoms with van der Waals surface area (Å²) < 4.78 is 11.6. The lowest BCUT2D eigenvalue weighted by molar-refractivity contribution is 0.224. The van der Waals surface area contributed by atoms with Gasteiger partial charge in [-0.1, -0.05) is 12.1 Å². The zero-order chi connectivity index (χ0) is 12.4. The summed E-state index contributed by atoms with van der Waals surface area (Å²) in [6.07, 6.45) is 2.77. The van der Waals surface area contributed by atoms with Gasteiger partial charge in [0.25, 0.3) is 0 Å². The summed E-state index contributed by atoms with van der Waals surface area (Å²) in [5.41, 5.74) is 1.25. The fourth-order valence-corrected chi connectivity index (χ4v) is 3.06. The van der Waals surface area contributed by atoms with Gasteiger partial charge in [-0.2, -0.15) is 11.8 Å². The number of rotatable bonds is 4. The van der Waals surface area contributed by atoms with Crippen LogP contribution in [0.15, 0.2) is 18.2 Å². The summed E-state index contributed by atoms with van der Waals surface area (Å²) in [7, 11) is 1.71. The maximum absolute atomic E-state index is 6.13. The molecule has 0 saturated carbocycles. The van der Waals surface area contributed by atoms with Crippen molar-refractivity contribution in [2.75, 3.05) is 25.2 Å². The normalized spacial score (nSPS) is 23.7. The van der Waals surface area contributed by atoms with Crippen molar-refractivity contribution < 1.29 is 9.47 Å². The van der Waals surface area contributed by atoms with Crippen LogP contribution in [0.1, 0.15) is 24.4 Å². The van der Waals surface area contributed by atoms with E-state index in [1.807, 2.05) is 17.8 Å². The van der Waals surface area contributed by atoms with Gasteiger partial charge < -0.3 is 14.8 Å². The van der Waals surface area contributed by atoms with E-state index >= 15 is 0 Å². The van der Waals surface area contributed by atoms with Crippen molar-refractivity contribution in [2.24, 2.45) is 0 Å². The van der Waals surface area contributed by atoms with Crippen LogP contribution in [0.3, 0.4) is 0 Å². The van der Waals surface area contributed by atoms with Crippen molar-refractivity contribution in [3.05, 3.63) is 23.8 Å². The van der Waals surface area contributed by atoms with E-state index in [0.717, 1.165) is 29.5 Å². The van der Waals surface area contributed by atoms with Crippen molar-refractivity contribution in [3.63, 3.8) is 0 Å². The van der Waals surface area contributed by atoms with Crippen LogP contribution < -0.4 is 14.8 Å². The minimum Gasteiger partial charge on any atom is -0.493 e. The number of thioether (sulfide) groups is 1. The van der Waals surface area contributed by atoms with Crippen molar-refractivity contribution >= 4 is 11.8 Å². The van der Waals surface area contributed by atoms with Gasteiger partial charge in [0, 0.05) is 23.1 Å². The van der Waals surface area contributed by atoms with E-state index in [1.54, 1.807) is 7.11 Å². The molecule has 0 aromatic heterocycles. The molecule has 0 aliphatic carbocycles. The SMILES string of the molecule is COc1cccc(C2CCCN2)c1OC1CSC1. The molecule has 1 aromatic rings. The van der Waals surface area contributed by atoms with Crippen molar-refractivity contribution in [1.29, 1.82) is 0 Å². The van der Waals surface area contributed by atoms with Crippen molar-refractivity contribution in [3.8, 4) is 11.5 Å². The Morgan fingerprint density at radius 3 is 2.83 bits per heavy atom. The monoisotopic (exact) mass is 265 g/mol. The highest BCUT2D eigenvalue weighted by molar-refractivity contribution is 8.00. The van der Waals surface area contributed by atoms with Gasteiger partial charge in [-0.15, -0.1) is 0 Å². The standard InChI is InChI=1S/C14H19NO2S/c1-16-13-6-2-4-11(12-5-3-7-15-12)14(13)17-10-8-18-9-10/h2,4,6,10,12,15H,3,5,7-9H2,1H3. The minimum atomic E-state index is 0.353. The van der Waals surface area contributed by atoms with Crippen LogP contribution in [0.25, 0.3) is 0 Å². The number of hydrogen-bond acceptors (Lipinski definition) is 4. The Morgan fingerprint density at radius 2 is 2.22 bits per heavy atom. The molecule has 1 aromatic carbocycles. The number of nitrogens with one attached hydrogen (secondary N) is 1. The molecule has 2 heterocycles. The molecular weight excluding hydrogens is 246 g/mol. The minimum absolute atomic E-state index is 0.353. The molecule has 1 unspecified atom stereocenters. The second-order valence-electron chi connectivity index (χ2n) is 4.80. The molecule has 2 aliphatic rings. The van der Waals surface area contributed by atoms with E-state index in [-0.39, 0.29) is 0 Å². The average molecular weight is 265 g/mol. The Balaban J connectivity index is 1.89. The fraction of sp³-hybridized carbons (Fsp3) is 0.571. The van der Waals surface area contributed by atoms with Gasteiger partial charge in [0.15, 0.2) is 11.5 Å². The number of para-hydroxylation sites is 1. The number of ether oxygens (including phenoxy) is 2. The summed E-state index contributed by atoms with van der Waals surface area (Å²) in [4.78, 5) is 0. The third-order valence-electron chi connectivity index (χ3n) is 3.56. The number of methoxy groups -OCH3 is 1. The molecule has 2 fully saturated rings. The largest absolute Gasteiger partial charge is 0.493 e. The number of hydrogen-bond donors (Lipinski definition) is 1. The molecule has 2 saturated heterocycles. The van der Waals surface area contributed by atoms with Crippen molar-refractivity contribution in [2.45, 2.75) is 25.0 Å². The van der Waals surface area contributed by atoms with Crippen LogP contribution in [-0.2, 0) is 0 Å². The fourth-order valence-electron chi connectivity index (χ4n) is 2.49. The first-order valence-corrected chi connectivity index (χ1v) is 7.68. The lowest BCUT2D eigenvalue weighted by atomic mass is 10.0. The second kappa shape index (κ2) is 5.41. The van der Waals surface area contributed by atoms with E-state index < -0.39 is 0 Å². The zero-order valence-corrected chi connectivity index (χ0v) is 11.5. The Kier molecular flexibility index (Phi) is 3.66. The highest BCUT2D eigenvalue weighted by atomic mass is 32.2. The summed E-state index contributed by atoms with van der Waals surface area (Å²) in [6, 6.07) is 6.62. The molecule has 2 aliphatic heterocycles. The molecule has 0 radical (unpaired) electrons. The molecule has 18 heavy (non-hydrogen) atoms. The van der Waals surface area contributed by atoms with E-state index in [9.17, 15) is 0 Å². The molecule has 98 valence electrons. The molecule has 0 spiro atoms. The zero-order valence-electron chi connectivity index (χ0n) is 10.6. The maximum Gasteiger partial charge on any atom is 0.166 e. The van der Waals surface area contributed by atoms with Crippen LogP contribution in [-0.4, -0.2) is 31.3 Å². The van der Waals surface area contributed by atoms with Crippen LogP contribution in [0.5, 0.6) is 11.5 Å². The topological polar surface area (TPSA) is 30.5 Å². The molecular formula is C14H19NO2S. The van der Waals surface area contributed by atoms with Gasteiger partial charge in [-0.25, -0.2) is 0 Å². The van der Waals surface area contributed by atoms with Gasteiger partial charge in [0.1, 0.15) is 6.10 Å². The summed E-state index contributed by atoms with van der Waals surface area (Å²) in [6.45, 7) is 1.10. The van der Waals surface area contributed by atoms with E-state index in [2.05, 4.69) is 17.4 Å². The average Bonchev–Trinajstić information content (AvgIpc) is 2.87. The molecule has 3 nitrogen and oxygen atoms in total. The Bertz CT molecular complexity index is 414. The van der Waals surface area contributed by atoms with Crippen molar-refractivity contribution in [1.82, 2.24) is 5.32 Å². The lowest BCUT2D eigenvalue weighted by Crippen LogP contribution is -2.32. The quantitative estimate of drug-likeness (QED) is 0.906. The van der Waals surface area contributed by atoms with Crippen LogP contribution in [0.2, 0.25) is 0 Å². The van der Waals surface area contributed by atoms with Gasteiger partial charge in [-0.05, 0) is 25.5 Å². The Morgan fingerprint density at radius 1 is 1.33 bits per heavy atom. The highest BCUT2D eigenvalue weighted by Gasteiger charge is 2.26. The third kappa shape index (κ3) is 2.31. The van der Waals surface area contributed by atoms with Crippen LogP contribution >= 0.6 is 11.8 Å². The lowest BCUT2D eigenvalue weighted by Gasteiger charge is -2.29. The first-order valence-electron chi connectivity index (χ1n) is 6.53. The first-order chi connectivity index (χ1) is 8.88. The highest BCUT2D eigenvalue weighted by Crippen LogP contribution is 2.39. The molecule has 4 heteroatoms. The number of benzene rings is 1.